The summed E-state index contributed by atoms with van der Waals surface area (Å²) in [5.74, 6) is 0.783. The van der Waals surface area contributed by atoms with Crippen LogP contribution in [-0.2, 0) is 18.2 Å². The number of hydrogen-bond donors (Lipinski definition) is 1. The molecule has 1 N–H and O–H groups in total. The second-order valence-electron chi connectivity index (χ2n) is 3.95. The molecule has 5 nitrogen and oxygen atoms in total. The fourth-order valence-electron chi connectivity index (χ4n) is 1.49. The summed E-state index contributed by atoms with van der Waals surface area (Å²) in [5, 5.41) is 6.95. The van der Waals surface area contributed by atoms with Crippen LogP contribution in [0.1, 0.15) is 12.2 Å². The molecule has 0 aliphatic rings. The van der Waals surface area contributed by atoms with E-state index in [2.05, 4.69) is 20.1 Å². The van der Waals surface area contributed by atoms with E-state index in [1.165, 1.54) is 6.33 Å². The highest BCUT2D eigenvalue weighted by atomic mass is 19.4. The van der Waals surface area contributed by atoms with Gasteiger partial charge in [-0.15, -0.1) is 0 Å². The lowest BCUT2D eigenvalue weighted by Crippen LogP contribution is -2.30. The third-order valence-electron chi connectivity index (χ3n) is 2.52. The van der Waals surface area contributed by atoms with Gasteiger partial charge in [-0.05, 0) is 13.5 Å². The first-order valence-corrected chi connectivity index (χ1v) is 5.57. The SMILES string of the molecule is CNC(CCOCC(F)(F)F)Cc1ncnn1C. The van der Waals surface area contributed by atoms with E-state index in [9.17, 15) is 13.2 Å². The van der Waals surface area contributed by atoms with Gasteiger partial charge in [0, 0.05) is 26.1 Å². The van der Waals surface area contributed by atoms with Crippen LogP contribution in [0.2, 0.25) is 0 Å². The number of nitrogens with zero attached hydrogens (tertiary/aromatic N) is 3. The van der Waals surface area contributed by atoms with Crippen molar-refractivity contribution >= 4 is 0 Å². The van der Waals surface area contributed by atoms with Crippen molar-refractivity contribution in [3.8, 4) is 0 Å². The summed E-state index contributed by atoms with van der Waals surface area (Å²) in [4.78, 5) is 4.06. The predicted molar refractivity (Wildman–Crippen MR) is 59.0 cm³/mol. The Hall–Kier alpha value is -1.15. The first-order valence-electron chi connectivity index (χ1n) is 5.57. The average molecular weight is 266 g/mol. The Morgan fingerprint density at radius 1 is 1.50 bits per heavy atom. The van der Waals surface area contributed by atoms with Gasteiger partial charge in [0.2, 0.25) is 0 Å². The maximum absolute atomic E-state index is 11.9. The van der Waals surface area contributed by atoms with Crippen molar-refractivity contribution in [1.29, 1.82) is 0 Å². The Balaban J connectivity index is 2.28. The summed E-state index contributed by atoms with van der Waals surface area (Å²) in [7, 11) is 3.53. The van der Waals surface area contributed by atoms with E-state index in [4.69, 9.17) is 0 Å². The van der Waals surface area contributed by atoms with Crippen molar-refractivity contribution in [3.63, 3.8) is 0 Å². The highest BCUT2D eigenvalue weighted by Gasteiger charge is 2.27. The number of halogens is 3. The Morgan fingerprint density at radius 2 is 2.22 bits per heavy atom. The minimum Gasteiger partial charge on any atom is -0.372 e. The van der Waals surface area contributed by atoms with E-state index in [1.807, 2.05) is 0 Å². The second kappa shape index (κ2) is 6.69. The average Bonchev–Trinajstić information content (AvgIpc) is 2.67. The van der Waals surface area contributed by atoms with Gasteiger partial charge in [0.05, 0.1) is 0 Å². The van der Waals surface area contributed by atoms with E-state index in [0.29, 0.717) is 12.8 Å². The zero-order chi connectivity index (χ0) is 13.6. The van der Waals surface area contributed by atoms with E-state index >= 15 is 0 Å². The van der Waals surface area contributed by atoms with Crippen LogP contribution in [0.3, 0.4) is 0 Å². The molecule has 0 aromatic carbocycles. The van der Waals surface area contributed by atoms with Gasteiger partial charge in [-0.2, -0.15) is 18.3 Å². The molecular formula is C10H17F3N4O. The molecule has 1 unspecified atom stereocenters. The maximum atomic E-state index is 11.9. The fraction of sp³-hybridized carbons (Fsp3) is 0.800. The Bertz CT molecular complexity index is 353. The van der Waals surface area contributed by atoms with Crippen LogP contribution in [0.5, 0.6) is 0 Å². The fourth-order valence-corrected chi connectivity index (χ4v) is 1.49. The number of hydrogen-bond acceptors (Lipinski definition) is 4. The van der Waals surface area contributed by atoms with Crippen molar-refractivity contribution < 1.29 is 17.9 Å². The normalized spacial score (nSPS) is 13.8. The smallest absolute Gasteiger partial charge is 0.372 e. The Labute approximate surface area is 103 Å². The molecular weight excluding hydrogens is 249 g/mol. The molecule has 1 heterocycles. The molecule has 0 fully saturated rings. The van der Waals surface area contributed by atoms with Crippen molar-refractivity contribution in [2.24, 2.45) is 7.05 Å². The monoisotopic (exact) mass is 266 g/mol. The minimum atomic E-state index is -4.27. The van der Waals surface area contributed by atoms with Gasteiger partial charge in [0.15, 0.2) is 0 Å². The standard InChI is InChI=1S/C10H17F3N4O/c1-14-8(3-4-18-6-10(11,12)13)5-9-15-7-16-17(9)2/h7-8,14H,3-6H2,1-2H3. The molecule has 0 radical (unpaired) electrons. The number of nitrogens with one attached hydrogen (secondary N) is 1. The van der Waals surface area contributed by atoms with E-state index in [-0.39, 0.29) is 12.6 Å². The molecule has 104 valence electrons. The third-order valence-corrected chi connectivity index (χ3v) is 2.52. The molecule has 0 bridgehead atoms. The first-order chi connectivity index (χ1) is 8.42. The number of likely N-dealkylation sites (N-methyl/N-ethyl adjacent to an activating group) is 1. The van der Waals surface area contributed by atoms with Gasteiger partial charge in [-0.1, -0.05) is 0 Å². The van der Waals surface area contributed by atoms with Crippen LogP contribution in [0.25, 0.3) is 0 Å². The summed E-state index contributed by atoms with van der Waals surface area (Å²) < 4.78 is 41.8. The summed E-state index contributed by atoms with van der Waals surface area (Å²) in [6.45, 7) is -1.14. The van der Waals surface area contributed by atoms with E-state index in [0.717, 1.165) is 5.82 Å². The molecule has 0 saturated heterocycles. The lowest BCUT2D eigenvalue weighted by Gasteiger charge is -2.16. The van der Waals surface area contributed by atoms with Crippen LogP contribution in [0.15, 0.2) is 6.33 Å². The molecule has 1 rings (SSSR count). The molecule has 18 heavy (non-hydrogen) atoms. The van der Waals surface area contributed by atoms with Crippen LogP contribution in [0, 0.1) is 0 Å². The summed E-state index contributed by atoms with van der Waals surface area (Å²) in [6.07, 6.45) is -1.73. The molecule has 1 aromatic rings. The molecule has 0 aliphatic carbocycles. The van der Waals surface area contributed by atoms with Crippen molar-refractivity contribution in [2.75, 3.05) is 20.3 Å². The first kappa shape index (κ1) is 14.9. The quantitative estimate of drug-likeness (QED) is 0.745. The third kappa shape index (κ3) is 5.46. The Morgan fingerprint density at radius 3 is 2.72 bits per heavy atom. The molecule has 0 amide bonds. The molecule has 1 aromatic heterocycles. The highest BCUT2D eigenvalue weighted by Crippen LogP contribution is 2.14. The maximum Gasteiger partial charge on any atom is 0.411 e. The minimum absolute atomic E-state index is 0.0149. The van der Waals surface area contributed by atoms with E-state index < -0.39 is 12.8 Å². The summed E-state index contributed by atoms with van der Waals surface area (Å²) >= 11 is 0. The largest absolute Gasteiger partial charge is 0.411 e. The molecule has 0 aliphatic heterocycles. The lowest BCUT2D eigenvalue weighted by molar-refractivity contribution is -0.174. The zero-order valence-corrected chi connectivity index (χ0v) is 10.4. The van der Waals surface area contributed by atoms with Crippen molar-refractivity contribution in [2.45, 2.75) is 25.1 Å². The van der Waals surface area contributed by atoms with Gasteiger partial charge >= 0.3 is 6.18 Å². The van der Waals surface area contributed by atoms with Crippen molar-refractivity contribution in [1.82, 2.24) is 20.1 Å². The van der Waals surface area contributed by atoms with Crippen LogP contribution < -0.4 is 5.32 Å². The van der Waals surface area contributed by atoms with Gasteiger partial charge in [0.1, 0.15) is 18.8 Å². The van der Waals surface area contributed by atoms with Crippen LogP contribution >= 0.6 is 0 Å². The van der Waals surface area contributed by atoms with Gasteiger partial charge in [0.25, 0.3) is 0 Å². The van der Waals surface area contributed by atoms with Crippen LogP contribution in [0.4, 0.5) is 13.2 Å². The van der Waals surface area contributed by atoms with E-state index in [1.54, 1.807) is 18.8 Å². The van der Waals surface area contributed by atoms with Gasteiger partial charge in [-0.25, -0.2) is 4.98 Å². The number of aryl methyl sites for hydroxylation is 1. The number of alkyl halides is 3. The van der Waals surface area contributed by atoms with Crippen molar-refractivity contribution in [3.05, 3.63) is 12.2 Å². The lowest BCUT2D eigenvalue weighted by atomic mass is 10.1. The Kier molecular flexibility index (Phi) is 5.54. The number of ether oxygens (including phenoxy) is 1. The number of rotatable bonds is 7. The zero-order valence-electron chi connectivity index (χ0n) is 10.4. The molecule has 0 saturated carbocycles. The molecule has 0 spiro atoms. The second-order valence-corrected chi connectivity index (χ2v) is 3.95. The topological polar surface area (TPSA) is 52.0 Å². The number of aromatic nitrogens is 3. The predicted octanol–water partition coefficient (Wildman–Crippen LogP) is 0.915. The molecule has 8 heteroatoms. The molecule has 1 atom stereocenters. The highest BCUT2D eigenvalue weighted by molar-refractivity contribution is 4.88. The van der Waals surface area contributed by atoms with Gasteiger partial charge in [-0.3, -0.25) is 4.68 Å². The van der Waals surface area contributed by atoms with Gasteiger partial charge < -0.3 is 10.1 Å². The van der Waals surface area contributed by atoms with Crippen LogP contribution in [-0.4, -0.2) is 47.2 Å². The summed E-state index contributed by atoms with van der Waals surface area (Å²) in [6, 6.07) is 0.0149. The summed E-state index contributed by atoms with van der Waals surface area (Å²) in [5.41, 5.74) is 0.